The van der Waals surface area contributed by atoms with Gasteiger partial charge in [0.15, 0.2) is 0 Å². The second-order valence-corrected chi connectivity index (χ2v) is 5.87. The summed E-state index contributed by atoms with van der Waals surface area (Å²) in [6.07, 6.45) is 1.55. The van der Waals surface area contributed by atoms with Gasteiger partial charge in [-0.15, -0.1) is 0 Å². The number of nitrogens with one attached hydrogen (secondary N) is 1. The van der Waals surface area contributed by atoms with Crippen molar-refractivity contribution in [2.75, 3.05) is 31.5 Å². The average Bonchev–Trinajstić information content (AvgIpc) is 2.62. The summed E-state index contributed by atoms with van der Waals surface area (Å²) in [4.78, 5) is 31.4. The van der Waals surface area contributed by atoms with Gasteiger partial charge in [0.25, 0.3) is 5.91 Å². The predicted octanol–water partition coefficient (Wildman–Crippen LogP) is 2.27. The molecule has 0 radical (unpaired) electrons. The lowest BCUT2D eigenvalue weighted by Crippen LogP contribution is -2.50. The van der Waals surface area contributed by atoms with Gasteiger partial charge in [-0.2, -0.15) is 0 Å². The smallest absolute Gasteiger partial charge is 0.272 e. The fraction of sp³-hybridized carbons (Fsp3) is 0.278. The highest BCUT2D eigenvalue weighted by atomic mass is 19.1. The molecule has 0 saturated carbocycles. The Morgan fingerprint density at radius 1 is 1.04 bits per heavy atom. The van der Waals surface area contributed by atoms with Gasteiger partial charge in [0.2, 0.25) is 5.91 Å². The summed E-state index contributed by atoms with van der Waals surface area (Å²) < 4.78 is 13.2. The Kier molecular flexibility index (Phi) is 4.92. The van der Waals surface area contributed by atoms with Gasteiger partial charge < -0.3 is 15.1 Å². The molecule has 1 saturated heterocycles. The molecule has 0 aliphatic carbocycles. The lowest BCUT2D eigenvalue weighted by Gasteiger charge is -2.34. The first-order chi connectivity index (χ1) is 12.0. The van der Waals surface area contributed by atoms with Crippen molar-refractivity contribution in [3.05, 3.63) is 54.1 Å². The molecule has 2 aromatic rings. The minimum Gasteiger partial charge on any atom is -0.354 e. The van der Waals surface area contributed by atoms with Crippen molar-refractivity contribution in [3.63, 3.8) is 0 Å². The second kappa shape index (κ2) is 7.29. The Balaban J connectivity index is 1.62. The quantitative estimate of drug-likeness (QED) is 0.929. The Morgan fingerprint density at radius 3 is 2.36 bits per heavy atom. The van der Waals surface area contributed by atoms with Gasteiger partial charge in [-0.1, -0.05) is 6.07 Å². The van der Waals surface area contributed by atoms with Crippen LogP contribution in [0.1, 0.15) is 17.4 Å². The minimum absolute atomic E-state index is 0.0259. The Labute approximate surface area is 145 Å². The van der Waals surface area contributed by atoms with E-state index in [2.05, 4.69) is 10.3 Å². The highest BCUT2D eigenvalue weighted by Crippen LogP contribution is 2.17. The van der Waals surface area contributed by atoms with E-state index in [1.165, 1.54) is 19.1 Å². The lowest BCUT2D eigenvalue weighted by molar-refractivity contribution is -0.130. The van der Waals surface area contributed by atoms with Crippen LogP contribution in [0.25, 0.3) is 0 Å². The van der Waals surface area contributed by atoms with E-state index in [0.29, 0.717) is 43.2 Å². The Hall–Kier alpha value is -2.96. The van der Waals surface area contributed by atoms with Crippen molar-refractivity contribution in [3.8, 4) is 0 Å². The van der Waals surface area contributed by atoms with E-state index in [9.17, 15) is 14.0 Å². The molecular formula is C18H19FN4O2. The molecule has 0 bridgehead atoms. The molecular weight excluding hydrogens is 323 g/mol. The van der Waals surface area contributed by atoms with Gasteiger partial charge in [-0.3, -0.25) is 9.59 Å². The van der Waals surface area contributed by atoms with E-state index in [-0.39, 0.29) is 17.6 Å². The first-order valence-electron chi connectivity index (χ1n) is 8.06. The third-order valence-corrected chi connectivity index (χ3v) is 4.11. The molecule has 1 aliphatic heterocycles. The molecule has 25 heavy (non-hydrogen) atoms. The average molecular weight is 342 g/mol. The fourth-order valence-corrected chi connectivity index (χ4v) is 2.71. The number of carbonyl (C=O) groups excluding carboxylic acids is 2. The van der Waals surface area contributed by atoms with Crippen LogP contribution in [-0.2, 0) is 4.79 Å². The molecule has 0 unspecified atom stereocenters. The van der Waals surface area contributed by atoms with Gasteiger partial charge in [0.1, 0.15) is 11.5 Å². The number of amides is 2. The molecule has 3 rings (SSSR count). The van der Waals surface area contributed by atoms with Crippen molar-refractivity contribution >= 4 is 23.2 Å². The van der Waals surface area contributed by atoms with E-state index >= 15 is 0 Å². The first-order valence-corrected chi connectivity index (χ1v) is 8.06. The standard InChI is InChI=1S/C18H19FN4O2/c1-13(24)22-7-9-23(10-8-22)18(25)17-6-5-16(12-20-17)21-15-4-2-3-14(19)11-15/h2-6,11-12,21H,7-10H2,1H3. The third-order valence-electron chi connectivity index (χ3n) is 4.11. The Morgan fingerprint density at radius 2 is 1.76 bits per heavy atom. The number of hydrogen-bond donors (Lipinski definition) is 1. The molecule has 1 fully saturated rings. The number of rotatable bonds is 3. The van der Waals surface area contributed by atoms with Gasteiger partial charge in [-0.05, 0) is 30.3 Å². The van der Waals surface area contributed by atoms with E-state index in [1.54, 1.807) is 40.3 Å². The van der Waals surface area contributed by atoms with Crippen molar-refractivity contribution in [1.29, 1.82) is 0 Å². The molecule has 1 N–H and O–H groups in total. The molecule has 2 amide bonds. The van der Waals surface area contributed by atoms with Crippen LogP contribution >= 0.6 is 0 Å². The fourth-order valence-electron chi connectivity index (χ4n) is 2.71. The zero-order valence-electron chi connectivity index (χ0n) is 13.9. The van der Waals surface area contributed by atoms with Crippen LogP contribution in [0, 0.1) is 5.82 Å². The number of nitrogens with zero attached hydrogens (tertiary/aromatic N) is 3. The minimum atomic E-state index is -0.325. The number of benzene rings is 1. The normalized spacial score (nSPS) is 14.3. The maximum atomic E-state index is 13.2. The molecule has 2 heterocycles. The Bertz CT molecular complexity index is 771. The van der Waals surface area contributed by atoms with Crippen LogP contribution in [0.4, 0.5) is 15.8 Å². The van der Waals surface area contributed by atoms with Gasteiger partial charge in [0, 0.05) is 38.8 Å². The molecule has 1 aliphatic rings. The number of carbonyl (C=O) groups is 2. The molecule has 6 nitrogen and oxygen atoms in total. The summed E-state index contributed by atoms with van der Waals surface area (Å²) in [6, 6.07) is 9.49. The van der Waals surface area contributed by atoms with Crippen molar-refractivity contribution in [1.82, 2.24) is 14.8 Å². The summed E-state index contributed by atoms with van der Waals surface area (Å²) in [5.41, 5.74) is 1.63. The van der Waals surface area contributed by atoms with E-state index in [4.69, 9.17) is 0 Å². The van der Waals surface area contributed by atoms with Crippen molar-refractivity contribution < 1.29 is 14.0 Å². The van der Waals surface area contributed by atoms with Crippen LogP contribution in [-0.4, -0.2) is 52.8 Å². The maximum Gasteiger partial charge on any atom is 0.272 e. The number of aromatic nitrogens is 1. The molecule has 0 atom stereocenters. The highest BCUT2D eigenvalue weighted by molar-refractivity contribution is 5.92. The number of hydrogen-bond acceptors (Lipinski definition) is 4. The number of halogens is 1. The van der Waals surface area contributed by atoms with Gasteiger partial charge in [0.05, 0.1) is 11.9 Å². The van der Waals surface area contributed by atoms with Crippen molar-refractivity contribution in [2.45, 2.75) is 6.92 Å². The largest absolute Gasteiger partial charge is 0.354 e. The zero-order valence-corrected chi connectivity index (χ0v) is 13.9. The predicted molar refractivity (Wildman–Crippen MR) is 92.1 cm³/mol. The molecule has 7 heteroatoms. The van der Waals surface area contributed by atoms with Crippen LogP contribution in [0.2, 0.25) is 0 Å². The SMILES string of the molecule is CC(=O)N1CCN(C(=O)c2ccc(Nc3cccc(F)c3)cn2)CC1. The van der Waals surface area contributed by atoms with E-state index in [1.807, 2.05) is 0 Å². The summed E-state index contributed by atoms with van der Waals surface area (Å²) in [6.45, 7) is 3.62. The van der Waals surface area contributed by atoms with Crippen LogP contribution in [0.15, 0.2) is 42.6 Å². The number of pyridine rings is 1. The maximum absolute atomic E-state index is 13.2. The number of anilines is 2. The number of piperazine rings is 1. The topological polar surface area (TPSA) is 65.5 Å². The van der Waals surface area contributed by atoms with Crippen LogP contribution in [0.5, 0.6) is 0 Å². The lowest BCUT2D eigenvalue weighted by atomic mass is 10.2. The van der Waals surface area contributed by atoms with Gasteiger partial charge >= 0.3 is 0 Å². The summed E-state index contributed by atoms with van der Waals surface area (Å²) >= 11 is 0. The van der Waals surface area contributed by atoms with E-state index in [0.717, 1.165) is 0 Å². The third kappa shape index (κ3) is 4.12. The molecule has 0 spiro atoms. The molecule has 1 aromatic heterocycles. The molecule has 1 aromatic carbocycles. The monoisotopic (exact) mass is 342 g/mol. The van der Waals surface area contributed by atoms with Gasteiger partial charge in [-0.25, -0.2) is 9.37 Å². The highest BCUT2D eigenvalue weighted by Gasteiger charge is 2.23. The second-order valence-electron chi connectivity index (χ2n) is 5.87. The zero-order chi connectivity index (χ0) is 17.8. The van der Waals surface area contributed by atoms with Crippen molar-refractivity contribution in [2.24, 2.45) is 0 Å². The van der Waals surface area contributed by atoms with E-state index < -0.39 is 0 Å². The first kappa shape index (κ1) is 16.9. The van der Waals surface area contributed by atoms with Crippen LogP contribution in [0.3, 0.4) is 0 Å². The molecule has 130 valence electrons. The summed E-state index contributed by atoms with van der Waals surface area (Å²) in [7, 11) is 0. The summed E-state index contributed by atoms with van der Waals surface area (Å²) in [5, 5.41) is 3.04. The van der Waals surface area contributed by atoms with Crippen LogP contribution < -0.4 is 5.32 Å². The summed E-state index contributed by atoms with van der Waals surface area (Å²) in [5.74, 6) is -0.451.